The van der Waals surface area contributed by atoms with Crippen molar-refractivity contribution in [3.05, 3.63) is 108 Å². The van der Waals surface area contributed by atoms with E-state index in [1.165, 1.54) is 6.08 Å². The highest BCUT2D eigenvalue weighted by atomic mass is 16.5. The molecule has 0 N–H and O–H groups in total. The first-order chi connectivity index (χ1) is 14.7. The average molecular weight is 399 g/mol. The lowest BCUT2D eigenvalue weighted by atomic mass is 10.1. The second-order valence-corrected chi connectivity index (χ2v) is 6.60. The van der Waals surface area contributed by atoms with E-state index in [9.17, 15) is 4.79 Å². The van der Waals surface area contributed by atoms with Crippen molar-refractivity contribution < 1.29 is 18.7 Å². The highest BCUT2D eigenvalue weighted by Gasteiger charge is 2.05. The Morgan fingerprint density at radius 1 is 0.933 bits per heavy atom. The van der Waals surface area contributed by atoms with Gasteiger partial charge in [-0.15, -0.1) is 0 Å². The third-order valence-electron chi connectivity index (χ3n) is 4.58. The highest BCUT2D eigenvalue weighted by molar-refractivity contribution is 6.06. The van der Waals surface area contributed by atoms with Crippen LogP contribution in [0.4, 0.5) is 0 Å². The molecule has 0 saturated carbocycles. The van der Waals surface area contributed by atoms with E-state index in [0.29, 0.717) is 23.7 Å². The number of hydrogen-bond donors (Lipinski definition) is 0. The molecule has 2 heterocycles. The number of aromatic nitrogens is 1. The molecule has 0 atom stereocenters. The van der Waals surface area contributed by atoms with Gasteiger partial charge in [0.05, 0.1) is 7.11 Å². The third-order valence-corrected chi connectivity index (χ3v) is 4.58. The molecule has 2 aromatic heterocycles. The van der Waals surface area contributed by atoms with Crippen LogP contribution in [0.25, 0.3) is 11.8 Å². The van der Waals surface area contributed by atoms with Crippen molar-refractivity contribution >= 4 is 11.9 Å². The maximum Gasteiger partial charge on any atom is 0.185 e. The molecule has 5 nitrogen and oxygen atoms in total. The van der Waals surface area contributed by atoms with Gasteiger partial charge in [0.15, 0.2) is 5.78 Å². The van der Waals surface area contributed by atoms with Crippen LogP contribution in [0.2, 0.25) is 0 Å². The summed E-state index contributed by atoms with van der Waals surface area (Å²) in [5, 5.41) is 0. The first kappa shape index (κ1) is 19.3. The molecule has 0 radical (unpaired) electrons. The summed E-state index contributed by atoms with van der Waals surface area (Å²) >= 11 is 0. The van der Waals surface area contributed by atoms with E-state index < -0.39 is 0 Å². The number of carbonyl (C=O) groups excluding carboxylic acids is 1. The topological polar surface area (TPSA) is 53.6 Å². The fourth-order valence-corrected chi connectivity index (χ4v) is 2.95. The Labute approximate surface area is 174 Å². The predicted octanol–water partition coefficient (Wildman–Crippen LogP) is 5.55. The number of allylic oxidation sites excluding steroid dienone is 1. The van der Waals surface area contributed by atoms with Gasteiger partial charge in [-0.25, -0.2) is 0 Å². The summed E-state index contributed by atoms with van der Waals surface area (Å²) in [5.41, 5.74) is 1.63. The molecular formula is C25H21NO4. The maximum atomic E-state index is 12.4. The van der Waals surface area contributed by atoms with Crippen LogP contribution >= 0.6 is 0 Å². The number of nitrogens with zero attached hydrogens (tertiary/aromatic N) is 1. The zero-order valence-corrected chi connectivity index (χ0v) is 16.5. The van der Waals surface area contributed by atoms with Crippen molar-refractivity contribution in [1.29, 1.82) is 0 Å². The van der Waals surface area contributed by atoms with Crippen molar-refractivity contribution in [3.8, 4) is 17.2 Å². The number of ketones is 1. The molecule has 0 bridgehead atoms. The van der Waals surface area contributed by atoms with Crippen LogP contribution in [-0.2, 0) is 6.61 Å². The lowest BCUT2D eigenvalue weighted by molar-refractivity contribution is 0.104. The molecule has 2 aromatic carbocycles. The summed E-state index contributed by atoms with van der Waals surface area (Å²) in [5.74, 6) is 2.69. The average Bonchev–Trinajstić information content (AvgIpc) is 3.49. The quantitative estimate of drug-likeness (QED) is 0.288. The van der Waals surface area contributed by atoms with Gasteiger partial charge in [0.25, 0.3) is 0 Å². The fourth-order valence-electron chi connectivity index (χ4n) is 2.95. The van der Waals surface area contributed by atoms with E-state index >= 15 is 0 Å². The number of benzene rings is 2. The number of carbonyl (C=O) groups is 1. The molecular weight excluding hydrogens is 378 g/mol. The first-order valence-corrected chi connectivity index (χ1v) is 9.53. The van der Waals surface area contributed by atoms with Gasteiger partial charge >= 0.3 is 0 Å². The molecule has 4 rings (SSSR count). The van der Waals surface area contributed by atoms with Crippen molar-refractivity contribution in [2.24, 2.45) is 0 Å². The lowest BCUT2D eigenvalue weighted by Gasteiger charge is -2.05. The summed E-state index contributed by atoms with van der Waals surface area (Å²) in [7, 11) is 1.62. The summed E-state index contributed by atoms with van der Waals surface area (Å²) in [4.78, 5) is 12.4. The third kappa shape index (κ3) is 4.70. The molecule has 0 fully saturated rings. The Bertz CT molecular complexity index is 1120. The van der Waals surface area contributed by atoms with Crippen molar-refractivity contribution in [2.45, 2.75) is 6.61 Å². The molecule has 0 amide bonds. The van der Waals surface area contributed by atoms with Crippen LogP contribution in [0.15, 0.2) is 95.7 Å². The number of hydrogen-bond acceptors (Lipinski definition) is 4. The summed E-state index contributed by atoms with van der Waals surface area (Å²) in [6, 6.07) is 22.4. The smallest absolute Gasteiger partial charge is 0.185 e. The van der Waals surface area contributed by atoms with E-state index in [4.69, 9.17) is 13.9 Å². The molecule has 5 heteroatoms. The Morgan fingerprint density at radius 3 is 2.33 bits per heavy atom. The lowest BCUT2D eigenvalue weighted by Crippen LogP contribution is -1.96. The van der Waals surface area contributed by atoms with E-state index in [0.717, 1.165) is 17.2 Å². The minimum Gasteiger partial charge on any atom is -0.497 e. The number of furan rings is 1. The zero-order valence-electron chi connectivity index (χ0n) is 16.5. The molecule has 0 saturated heterocycles. The van der Waals surface area contributed by atoms with Crippen molar-refractivity contribution in [2.75, 3.05) is 7.11 Å². The van der Waals surface area contributed by atoms with Gasteiger partial charge in [0, 0.05) is 23.6 Å². The van der Waals surface area contributed by atoms with Crippen molar-refractivity contribution in [3.63, 3.8) is 0 Å². The van der Waals surface area contributed by atoms with E-state index in [2.05, 4.69) is 0 Å². The Kier molecular flexibility index (Phi) is 5.80. The molecule has 0 aliphatic carbocycles. The van der Waals surface area contributed by atoms with Crippen LogP contribution in [0.5, 0.6) is 11.5 Å². The van der Waals surface area contributed by atoms with E-state index in [-0.39, 0.29) is 5.78 Å². The van der Waals surface area contributed by atoms with Gasteiger partial charge in [-0.1, -0.05) is 0 Å². The normalized spacial score (nSPS) is 11.0. The van der Waals surface area contributed by atoms with E-state index in [1.54, 1.807) is 13.2 Å². The SMILES string of the molecule is COc1ccc(OCc2ccc(/C=C/C(=O)c3ccc(-n4cccc4)cc3)o2)cc1. The van der Waals surface area contributed by atoms with Gasteiger partial charge in [0.1, 0.15) is 29.6 Å². The fraction of sp³-hybridized carbons (Fsp3) is 0.0800. The van der Waals surface area contributed by atoms with Crippen LogP contribution in [0.1, 0.15) is 21.9 Å². The summed E-state index contributed by atoms with van der Waals surface area (Å²) < 4.78 is 18.5. The Morgan fingerprint density at radius 2 is 1.63 bits per heavy atom. The van der Waals surface area contributed by atoms with Gasteiger partial charge in [-0.05, 0) is 84.9 Å². The van der Waals surface area contributed by atoms with Crippen LogP contribution in [0.3, 0.4) is 0 Å². The van der Waals surface area contributed by atoms with E-state index in [1.807, 2.05) is 89.8 Å². The molecule has 30 heavy (non-hydrogen) atoms. The van der Waals surface area contributed by atoms with Gasteiger partial charge in [0.2, 0.25) is 0 Å². The minimum absolute atomic E-state index is 0.0820. The standard InChI is InChI=1S/C25H21NO4/c1-28-21-8-10-22(11-9-21)29-18-24-13-12-23(30-24)14-15-25(27)19-4-6-20(7-5-19)26-16-2-3-17-26/h2-17H,18H2,1H3/b15-14+. The van der Waals surface area contributed by atoms with Crippen LogP contribution < -0.4 is 9.47 Å². The van der Waals surface area contributed by atoms with Gasteiger partial charge in [-0.2, -0.15) is 0 Å². The van der Waals surface area contributed by atoms with Crippen LogP contribution in [-0.4, -0.2) is 17.5 Å². The molecule has 0 aliphatic rings. The monoisotopic (exact) mass is 399 g/mol. The molecule has 4 aromatic rings. The first-order valence-electron chi connectivity index (χ1n) is 9.53. The maximum absolute atomic E-state index is 12.4. The molecule has 0 unspecified atom stereocenters. The Hall–Kier alpha value is -3.99. The summed E-state index contributed by atoms with van der Waals surface area (Å²) in [6.07, 6.45) is 7.10. The zero-order chi connectivity index (χ0) is 20.8. The second-order valence-electron chi connectivity index (χ2n) is 6.60. The number of methoxy groups -OCH3 is 1. The molecule has 150 valence electrons. The summed E-state index contributed by atoms with van der Waals surface area (Å²) in [6.45, 7) is 0.301. The van der Waals surface area contributed by atoms with Gasteiger partial charge < -0.3 is 18.5 Å². The second kappa shape index (κ2) is 9.01. The molecule has 0 spiro atoms. The number of ether oxygens (including phenoxy) is 2. The van der Waals surface area contributed by atoms with Gasteiger partial charge in [-0.3, -0.25) is 4.79 Å². The Balaban J connectivity index is 1.33. The highest BCUT2D eigenvalue weighted by Crippen LogP contribution is 2.19. The molecule has 0 aliphatic heterocycles. The minimum atomic E-state index is -0.0820. The van der Waals surface area contributed by atoms with Crippen LogP contribution in [0, 0.1) is 0 Å². The largest absolute Gasteiger partial charge is 0.497 e. The predicted molar refractivity (Wildman–Crippen MR) is 115 cm³/mol. The number of rotatable bonds is 8. The van der Waals surface area contributed by atoms with Crippen molar-refractivity contribution in [1.82, 2.24) is 4.57 Å².